The van der Waals surface area contributed by atoms with Crippen molar-refractivity contribution in [3.05, 3.63) is 27.9 Å². The van der Waals surface area contributed by atoms with Crippen molar-refractivity contribution in [2.45, 2.75) is 6.92 Å². The van der Waals surface area contributed by atoms with Crippen LogP contribution in [0.1, 0.15) is 17.4 Å². The van der Waals surface area contributed by atoms with Gasteiger partial charge in [-0.15, -0.1) is 11.3 Å². The van der Waals surface area contributed by atoms with Gasteiger partial charge in [-0.2, -0.15) is 11.3 Å². The average molecular weight is 282 g/mol. The molecule has 0 saturated carbocycles. The largest absolute Gasteiger partial charge is 0.461 e. The van der Waals surface area contributed by atoms with Crippen molar-refractivity contribution in [2.75, 3.05) is 11.5 Å². The predicted molar refractivity (Wildman–Crippen MR) is 70.6 cm³/mol. The Morgan fingerprint density at radius 2 is 2.39 bits per heavy atom. The third-order valence-electron chi connectivity index (χ3n) is 2.07. The first-order valence-corrected chi connectivity index (χ1v) is 6.98. The normalized spacial score (nSPS) is 10.1. The Kier molecular flexibility index (Phi) is 4.06. The quantitative estimate of drug-likeness (QED) is 0.625. The molecule has 0 aliphatic rings. The van der Waals surface area contributed by atoms with Gasteiger partial charge in [-0.05, 0) is 18.4 Å². The topological polar surface area (TPSA) is 59.5 Å². The first-order chi connectivity index (χ1) is 8.76. The molecule has 2 heterocycles. The fourth-order valence-corrected chi connectivity index (χ4v) is 2.69. The van der Waals surface area contributed by atoms with E-state index in [0.29, 0.717) is 18.1 Å². The van der Waals surface area contributed by atoms with Gasteiger partial charge >= 0.3 is 5.97 Å². The number of esters is 1. The molecule has 0 atom stereocenters. The van der Waals surface area contributed by atoms with Gasteiger partial charge in [0.05, 0.1) is 12.3 Å². The van der Waals surface area contributed by atoms with Gasteiger partial charge in [0.15, 0.2) is 10.8 Å². The van der Waals surface area contributed by atoms with Crippen LogP contribution >= 0.6 is 22.7 Å². The molecule has 0 N–H and O–H groups in total. The summed E-state index contributed by atoms with van der Waals surface area (Å²) in [6.45, 7) is 2.03. The zero-order valence-corrected chi connectivity index (χ0v) is 11.2. The van der Waals surface area contributed by atoms with E-state index in [1.165, 1.54) is 27.6 Å². The summed E-state index contributed by atoms with van der Waals surface area (Å²) in [6, 6.07) is 1.81. The smallest absolute Gasteiger partial charge is 0.357 e. The number of carbonyl (C=O) groups is 2. The van der Waals surface area contributed by atoms with Crippen LogP contribution in [0.4, 0.5) is 10.8 Å². The highest BCUT2D eigenvalue weighted by Gasteiger charge is 2.17. The standard InChI is InChI=1S/C11H10N2O3S2/c1-2-16-10(15)9-6-18-11(12-9)13(7-14)8-3-4-17-5-8/h3-7H,2H2,1H3. The number of nitrogens with zero attached hydrogens (tertiary/aromatic N) is 2. The molecule has 0 radical (unpaired) electrons. The summed E-state index contributed by atoms with van der Waals surface area (Å²) in [5, 5.41) is 5.73. The summed E-state index contributed by atoms with van der Waals surface area (Å²) in [5.74, 6) is -0.476. The minimum atomic E-state index is -0.476. The lowest BCUT2D eigenvalue weighted by atomic mass is 10.5. The van der Waals surface area contributed by atoms with Gasteiger partial charge in [-0.1, -0.05) is 0 Å². The summed E-state index contributed by atoms with van der Waals surface area (Å²) in [5.41, 5.74) is 0.957. The second-order valence-electron chi connectivity index (χ2n) is 3.19. The monoisotopic (exact) mass is 282 g/mol. The first-order valence-electron chi connectivity index (χ1n) is 5.15. The maximum Gasteiger partial charge on any atom is 0.357 e. The molecule has 2 rings (SSSR count). The van der Waals surface area contributed by atoms with Crippen molar-refractivity contribution in [1.82, 2.24) is 4.98 Å². The van der Waals surface area contributed by atoms with Crippen LogP contribution in [0, 0.1) is 0 Å². The number of thiazole rings is 1. The van der Waals surface area contributed by atoms with Crippen LogP contribution in [0.25, 0.3) is 0 Å². The van der Waals surface area contributed by atoms with Gasteiger partial charge < -0.3 is 4.74 Å². The van der Waals surface area contributed by atoms with E-state index in [9.17, 15) is 9.59 Å². The maximum atomic E-state index is 11.5. The molecule has 0 spiro atoms. The summed E-state index contributed by atoms with van der Waals surface area (Å²) in [4.78, 5) is 28.1. The van der Waals surface area contributed by atoms with Crippen LogP contribution < -0.4 is 4.90 Å². The molecule has 7 heteroatoms. The van der Waals surface area contributed by atoms with Gasteiger partial charge in [0, 0.05) is 10.8 Å². The zero-order valence-electron chi connectivity index (χ0n) is 9.53. The number of anilines is 2. The van der Waals surface area contributed by atoms with Gasteiger partial charge in [0.25, 0.3) is 0 Å². The van der Waals surface area contributed by atoms with E-state index in [2.05, 4.69) is 4.98 Å². The van der Waals surface area contributed by atoms with Crippen molar-refractivity contribution in [1.29, 1.82) is 0 Å². The molecule has 94 valence electrons. The predicted octanol–water partition coefficient (Wildman–Crippen LogP) is 2.68. The highest BCUT2D eigenvalue weighted by molar-refractivity contribution is 7.14. The summed E-state index contributed by atoms with van der Waals surface area (Å²) in [6.07, 6.45) is 0.676. The summed E-state index contributed by atoms with van der Waals surface area (Å²) < 4.78 is 4.85. The number of hydrogen-bond acceptors (Lipinski definition) is 6. The van der Waals surface area contributed by atoms with E-state index in [-0.39, 0.29) is 5.69 Å². The van der Waals surface area contributed by atoms with E-state index < -0.39 is 5.97 Å². The molecule has 0 fully saturated rings. The lowest BCUT2D eigenvalue weighted by molar-refractivity contribution is -0.106. The molecular formula is C11H10N2O3S2. The number of ether oxygens (including phenoxy) is 1. The van der Waals surface area contributed by atoms with Crippen LogP contribution in [0.15, 0.2) is 22.2 Å². The van der Waals surface area contributed by atoms with Crippen LogP contribution in [-0.2, 0) is 9.53 Å². The van der Waals surface area contributed by atoms with Crippen molar-refractivity contribution in [2.24, 2.45) is 0 Å². The summed E-state index contributed by atoms with van der Waals surface area (Å²) in [7, 11) is 0. The Balaban J connectivity index is 2.23. The first kappa shape index (κ1) is 12.7. The third-order valence-corrected chi connectivity index (χ3v) is 3.58. The number of amides is 1. The second kappa shape index (κ2) is 5.74. The molecule has 0 unspecified atom stereocenters. The second-order valence-corrected chi connectivity index (χ2v) is 4.81. The molecular weight excluding hydrogens is 272 g/mol. The molecule has 2 aromatic rings. The van der Waals surface area contributed by atoms with Crippen molar-refractivity contribution in [3.63, 3.8) is 0 Å². The SMILES string of the molecule is CCOC(=O)c1csc(N(C=O)c2ccsc2)n1. The Morgan fingerprint density at radius 1 is 1.56 bits per heavy atom. The van der Waals surface area contributed by atoms with Gasteiger partial charge in [0.2, 0.25) is 6.41 Å². The minimum absolute atomic E-state index is 0.221. The van der Waals surface area contributed by atoms with Gasteiger partial charge in [0.1, 0.15) is 0 Å². The highest BCUT2D eigenvalue weighted by atomic mass is 32.1. The Hall–Kier alpha value is -1.73. The van der Waals surface area contributed by atoms with Crippen LogP contribution in [0.3, 0.4) is 0 Å². The average Bonchev–Trinajstić information content (AvgIpc) is 3.01. The molecule has 18 heavy (non-hydrogen) atoms. The van der Waals surface area contributed by atoms with Crippen molar-refractivity contribution < 1.29 is 14.3 Å². The molecule has 0 aliphatic carbocycles. The number of thiophene rings is 1. The minimum Gasteiger partial charge on any atom is -0.461 e. The fourth-order valence-electron chi connectivity index (χ4n) is 1.28. The Bertz CT molecular complexity index is 536. The lowest BCUT2D eigenvalue weighted by Crippen LogP contribution is -2.13. The molecule has 1 amide bonds. The van der Waals surface area contributed by atoms with E-state index in [0.717, 1.165) is 5.69 Å². The zero-order chi connectivity index (χ0) is 13.0. The van der Waals surface area contributed by atoms with Crippen molar-refractivity contribution >= 4 is 45.9 Å². The maximum absolute atomic E-state index is 11.5. The van der Waals surface area contributed by atoms with Crippen molar-refractivity contribution in [3.8, 4) is 0 Å². The number of hydrogen-bond donors (Lipinski definition) is 0. The van der Waals surface area contributed by atoms with E-state index in [4.69, 9.17) is 4.74 Å². The third kappa shape index (κ3) is 2.57. The van der Waals surface area contributed by atoms with Gasteiger partial charge in [-0.3, -0.25) is 9.69 Å². The van der Waals surface area contributed by atoms with E-state index in [1.807, 2.05) is 16.8 Å². The Labute approximate surface area is 112 Å². The summed E-state index contributed by atoms with van der Waals surface area (Å²) >= 11 is 2.71. The number of carbonyl (C=O) groups excluding carboxylic acids is 2. The Morgan fingerprint density at radius 3 is 3.00 bits per heavy atom. The molecule has 0 bridgehead atoms. The molecule has 0 saturated heterocycles. The molecule has 5 nitrogen and oxygen atoms in total. The molecule has 0 aliphatic heterocycles. The van der Waals surface area contributed by atoms with E-state index in [1.54, 1.807) is 12.3 Å². The van der Waals surface area contributed by atoms with E-state index >= 15 is 0 Å². The molecule has 2 aromatic heterocycles. The molecule has 0 aromatic carbocycles. The lowest BCUT2D eigenvalue weighted by Gasteiger charge is -2.10. The number of rotatable bonds is 5. The van der Waals surface area contributed by atoms with Crippen LogP contribution in [0.2, 0.25) is 0 Å². The fraction of sp³-hybridized carbons (Fsp3) is 0.182. The van der Waals surface area contributed by atoms with Crippen LogP contribution in [0.5, 0.6) is 0 Å². The number of aromatic nitrogens is 1. The van der Waals surface area contributed by atoms with Gasteiger partial charge in [-0.25, -0.2) is 9.78 Å². The van der Waals surface area contributed by atoms with Crippen LogP contribution in [-0.4, -0.2) is 24.0 Å². The highest BCUT2D eigenvalue weighted by Crippen LogP contribution is 2.28.